The Balaban J connectivity index is 0.000000250. The van der Waals surface area contributed by atoms with Crippen molar-refractivity contribution in [3.63, 3.8) is 0 Å². The molecule has 0 saturated heterocycles. The van der Waals surface area contributed by atoms with Gasteiger partial charge in [-0.2, -0.15) is 0 Å². The van der Waals surface area contributed by atoms with Crippen molar-refractivity contribution >= 4 is 45.5 Å². The van der Waals surface area contributed by atoms with Gasteiger partial charge < -0.3 is 0 Å². The fourth-order valence-electron chi connectivity index (χ4n) is 0.129. The molecular formula is CH4N4Sr. The number of rotatable bonds is 0. The monoisotopic (exact) mass is 160 g/mol. The number of H-pyrrole nitrogens is 1. The second-order valence-corrected chi connectivity index (χ2v) is 0.563. The van der Waals surface area contributed by atoms with Crippen molar-refractivity contribution in [2.45, 2.75) is 0 Å². The second-order valence-electron chi connectivity index (χ2n) is 0.563. The number of nitrogens with zero attached hydrogens (tertiary/aromatic N) is 3. The smallest absolute Gasteiger partial charge is 0.135 e. The predicted molar refractivity (Wildman–Crippen MR) is 22.7 cm³/mol. The van der Waals surface area contributed by atoms with Crippen LogP contribution in [0.1, 0.15) is 0 Å². The van der Waals surface area contributed by atoms with Crippen LogP contribution in [0.25, 0.3) is 0 Å². The predicted octanol–water partition coefficient (Wildman–Crippen LogP) is -1.72. The van der Waals surface area contributed by atoms with Crippen LogP contribution in [-0.4, -0.2) is 66.1 Å². The van der Waals surface area contributed by atoms with Crippen molar-refractivity contribution in [3.05, 3.63) is 6.33 Å². The van der Waals surface area contributed by atoms with Gasteiger partial charge in [0.25, 0.3) is 0 Å². The summed E-state index contributed by atoms with van der Waals surface area (Å²) in [6.45, 7) is 0. The van der Waals surface area contributed by atoms with Gasteiger partial charge in [-0.1, -0.05) is 0 Å². The van der Waals surface area contributed by atoms with E-state index < -0.39 is 0 Å². The molecule has 6 heavy (non-hydrogen) atoms. The Hall–Kier alpha value is 0.551. The number of hydrogen-bond acceptors (Lipinski definition) is 3. The summed E-state index contributed by atoms with van der Waals surface area (Å²) >= 11 is 0. The third-order valence-electron chi connectivity index (χ3n) is 0.270. The van der Waals surface area contributed by atoms with E-state index in [1.54, 1.807) is 0 Å². The molecular weight excluding hydrogens is 156 g/mol. The molecule has 1 aromatic heterocycles. The molecule has 0 amide bonds. The molecule has 0 fully saturated rings. The Kier molecular flexibility index (Phi) is 4.07. The van der Waals surface area contributed by atoms with E-state index in [4.69, 9.17) is 0 Å². The Morgan fingerprint density at radius 2 is 2.33 bits per heavy atom. The van der Waals surface area contributed by atoms with Crippen LogP contribution in [0, 0.1) is 0 Å². The SMILES string of the molecule is [SrH2].c1nnn[nH]1. The van der Waals surface area contributed by atoms with E-state index in [2.05, 4.69) is 20.6 Å². The first-order valence-electron chi connectivity index (χ1n) is 1.17. The normalized spacial score (nSPS) is 6.67. The van der Waals surface area contributed by atoms with Crippen LogP contribution in [0.5, 0.6) is 0 Å². The molecule has 0 aliphatic heterocycles. The zero-order chi connectivity index (χ0) is 3.54. The van der Waals surface area contributed by atoms with E-state index in [0.29, 0.717) is 0 Å². The summed E-state index contributed by atoms with van der Waals surface area (Å²) in [7, 11) is 0. The van der Waals surface area contributed by atoms with E-state index in [-0.39, 0.29) is 45.5 Å². The average molecular weight is 160 g/mol. The summed E-state index contributed by atoms with van der Waals surface area (Å²) in [5.41, 5.74) is 0. The molecule has 1 rings (SSSR count). The molecule has 30 valence electrons. The van der Waals surface area contributed by atoms with Gasteiger partial charge in [0, 0.05) is 0 Å². The maximum atomic E-state index is 3.31. The van der Waals surface area contributed by atoms with Crippen LogP contribution in [-0.2, 0) is 0 Å². The van der Waals surface area contributed by atoms with Gasteiger partial charge in [0.15, 0.2) is 0 Å². The summed E-state index contributed by atoms with van der Waals surface area (Å²) in [5.74, 6) is 0. The molecule has 0 aliphatic carbocycles. The van der Waals surface area contributed by atoms with Crippen molar-refractivity contribution in [2.75, 3.05) is 0 Å². The van der Waals surface area contributed by atoms with Crippen LogP contribution in [0.4, 0.5) is 0 Å². The molecule has 0 aliphatic rings. The van der Waals surface area contributed by atoms with E-state index in [9.17, 15) is 0 Å². The van der Waals surface area contributed by atoms with Crippen molar-refractivity contribution in [3.8, 4) is 0 Å². The number of hydrogen-bond donors (Lipinski definition) is 1. The van der Waals surface area contributed by atoms with Gasteiger partial charge in [0.05, 0.1) is 0 Å². The van der Waals surface area contributed by atoms with Crippen LogP contribution in [0.3, 0.4) is 0 Å². The Morgan fingerprint density at radius 3 is 2.50 bits per heavy atom. The van der Waals surface area contributed by atoms with Crippen LogP contribution >= 0.6 is 0 Å². The minimum Gasteiger partial charge on any atom is -0.246 e. The zero-order valence-corrected chi connectivity index (χ0v) is 2.42. The topological polar surface area (TPSA) is 54.5 Å². The summed E-state index contributed by atoms with van der Waals surface area (Å²) in [6, 6.07) is 0. The van der Waals surface area contributed by atoms with Crippen molar-refractivity contribution in [1.29, 1.82) is 0 Å². The molecule has 1 N–H and O–H groups in total. The van der Waals surface area contributed by atoms with Crippen LogP contribution in [0.2, 0.25) is 0 Å². The van der Waals surface area contributed by atoms with E-state index >= 15 is 0 Å². The summed E-state index contributed by atoms with van der Waals surface area (Å²) in [5, 5.41) is 12.1. The second kappa shape index (κ2) is 3.73. The summed E-state index contributed by atoms with van der Waals surface area (Å²) in [4.78, 5) is 0. The van der Waals surface area contributed by atoms with Crippen LogP contribution < -0.4 is 0 Å². The average Bonchev–Trinajstić information content (AvgIpc) is 1.76. The zero-order valence-electron chi connectivity index (χ0n) is 2.42. The standard InChI is InChI=1S/CH2N4.Sr.2H/c1-2-4-5-3-1;;;/h1H,(H,2,3,4,5);;;. The summed E-state index contributed by atoms with van der Waals surface area (Å²) < 4.78 is 0. The number of tetrazole rings is 1. The number of nitrogens with one attached hydrogen (secondary N) is 1. The summed E-state index contributed by atoms with van der Waals surface area (Å²) in [6.07, 6.45) is 1.40. The molecule has 0 atom stereocenters. The van der Waals surface area contributed by atoms with E-state index in [0.717, 1.165) is 0 Å². The van der Waals surface area contributed by atoms with Crippen LogP contribution in [0.15, 0.2) is 6.33 Å². The van der Waals surface area contributed by atoms with Gasteiger partial charge in [-0.05, 0) is 10.4 Å². The van der Waals surface area contributed by atoms with Crippen molar-refractivity contribution in [1.82, 2.24) is 20.6 Å². The molecule has 1 aromatic rings. The fourth-order valence-corrected chi connectivity index (χ4v) is 0.129. The first kappa shape index (κ1) is 6.55. The molecule has 0 saturated carbocycles. The van der Waals surface area contributed by atoms with Gasteiger partial charge in [0.2, 0.25) is 0 Å². The molecule has 0 bridgehead atoms. The van der Waals surface area contributed by atoms with Gasteiger partial charge >= 0.3 is 45.5 Å². The van der Waals surface area contributed by atoms with Gasteiger partial charge in [-0.15, -0.1) is 5.10 Å². The molecule has 1 heterocycles. The van der Waals surface area contributed by atoms with E-state index in [1.165, 1.54) is 6.33 Å². The Labute approximate surface area is 71.6 Å². The molecule has 0 aromatic carbocycles. The van der Waals surface area contributed by atoms with Crippen molar-refractivity contribution < 1.29 is 0 Å². The third kappa shape index (κ3) is 1.86. The Morgan fingerprint density at radius 1 is 1.50 bits per heavy atom. The maximum Gasteiger partial charge on any atom is 0.135 e. The van der Waals surface area contributed by atoms with Gasteiger partial charge in [-0.25, -0.2) is 5.10 Å². The molecule has 0 unspecified atom stereocenters. The third-order valence-corrected chi connectivity index (χ3v) is 0.270. The van der Waals surface area contributed by atoms with Crippen molar-refractivity contribution in [2.24, 2.45) is 0 Å². The molecule has 0 spiro atoms. The number of aromatic amines is 1. The minimum absolute atomic E-state index is 0. The number of aromatic nitrogens is 4. The Bertz CT molecular complexity index is 64.0. The van der Waals surface area contributed by atoms with E-state index in [1.807, 2.05) is 0 Å². The molecule has 4 nitrogen and oxygen atoms in total. The fraction of sp³-hybridized carbons (Fsp3) is 0. The largest absolute Gasteiger partial charge is 0.246 e. The van der Waals surface area contributed by atoms with Gasteiger partial charge in [0.1, 0.15) is 6.33 Å². The molecule has 0 radical (unpaired) electrons. The van der Waals surface area contributed by atoms with Gasteiger partial charge in [-0.3, -0.25) is 0 Å². The maximum absolute atomic E-state index is 3.31. The first-order valence-corrected chi connectivity index (χ1v) is 1.17. The first-order chi connectivity index (χ1) is 2.50. The quantitative estimate of drug-likeness (QED) is 0.459. The molecule has 5 heteroatoms. The minimum atomic E-state index is 0.